The van der Waals surface area contributed by atoms with Crippen molar-refractivity contribution in [3.63, 3.8) is 0 Å². The van der Waals surface area contributed by atoms with Gasteiger partial charge >= 0.3 is 0 Å². The Morgan fingerprint density at radius 1 is 0.614 bits per heavy atom. The van der Waals surface area contributed by atoms with Crippen LogP contribution in [0.3, 0.4) is 0 Å². The minimum absolute atomic E-state index is 0.0184. The Kier molecular flexibility index (Phi) is 26.8. The highest BCUT2D eigenvalue weighted by Gasteiger charge is 2.41. The zero-order valence-corrected chi connectivity index (χ0v) is 35.5. The lowest BCUT2D eigenvalue weighted by molar-refractivity contribution is -0.308. The Hall–Kier alpha value is -3.70. The highest BCUT2D eigenvalue weighted by atomic mass is 33.1. The summed E-state index contributed by atoms with van der Waals surface area (Å²) < 4.78 is 0. The van der Waals surface area contributed by atoms with E-state index in [9.17, 15) is 58.8 Å². The SMILES string of the molecule is CCN(CCN(CCN(CC(=O)[O-])CC(=O)NCCSSCCNC(=O)CNC(=O)CNC(=O)C(C)(C)CC(C)(CC)C(=O)NCC(C)O)CC(=O)[O-])CC(=O)[O-]. The van der Waals surface area contributed by atoms with Crippen LogP contribution < -0.4 is 41.9 Å². The Morgan fingerprint density at radius 3 is 1.58 bits per heavy atom. The van der Waals surface area contributed by atoms with Crippen molar-refractivity contribution in [1.29, 1.82) is 0 Å². The number of nitrogens with one attached hydrogen (secondary N) is 5. The van der Waals surface area contributed by atoms with E-state index in [0.29, 0.717) is 31.0 Å². The number of rotatable bonds is 33. The van der Waals surface area contributed by atoms with Gasteiger partial charge in [-0.25, -0.2) is 0 Å². The number of carboxylic acid groups (broad SMARTS) is 3. The van der Waals surface area contributed by atoms with Crippen molar-refractivity contribution >= 4 is 69.0 Å². The number of likely N-dealkylation sites (N-methyl/N-ethyl adjacent to an activating group) is 1. The van der Waals surface area contributed by atoms with Crippen LogP contribution in [0, 0.1) is 10.8 Å². The Labute approximate surface area is 342 Å². The second kappa shape index (κ2) is 28.7. The molecular weight excluding hydrogens is 789 g/mol. The van der Waals surface area contributed by atoms with E-state index in [1.54, 1.807) is 39.5 Å². The number of aliphatic hydroxyl groups is 1. The monoisotopic (exact) mass is 849 g/mol. The number of carbonyl (C=O) groups excluding carboxylic acids is 8. The summed E-state index contributed by atoms with van der Waals surface area (Å²) >= 11 is 0. The van der Waals surface area contributed by atoms with Crippen LogP contribution in [0.15, 0.2) is 0 Å². The molecule has 0 aliphatic carbocycles. The minimum atomic E-state index is -1.42. The molecule has 5 amide bonds. The molecule has 0 saturated heterocycles. The fraction of sp³-hybridized carbons (Fsp3) is 0.771. The Bertz CT molecular complexity index is 1330. The van der Waals surface area contributed by atoms with Crippen LogP contribution in [-0.2, 0) is 38.4 Å². The number of nitrogens with zero attached hydrogens (tertiary/aromatic N) is 3. The molecular formula is C35H61N8O12S2-3. The second-order valence-corrected chi connectivity index (χ2v) is 17.0. The summed E-state index contributed by atoms with van der Waals surface area (Å²) in [5.74, 6) is -5.21. The van der Waals surface area contributed by atoms with Gasteiger partial charge in [0, 0.05) is 87.8 Å². The van der Waals surface area contributed by atoms with Crippen molar-refractivity contribution in [1.82, 2.24) is 41.3 Å². The first-order chi connectivity index (χ1) is 26.6. The van der Waals surface area contributed by atoms with Gasteiger partial charge in [0.15, 0.2) is 0 Å². The number of aliphatic carboxylic acids is 3. The van der Waals surface area contributed by atoms with Crippen molar-refractivity contribution in [2.24, 2.45) is 10.8 Å². The lowest BCUT2D eigenvalue weighted by Crippen LogP contribution is -2.49. The van der Waals surface area contributed by atoms with Gasteiger partial charge in [0.25, 0.3) is 0 Å². The molecule has 0 aliphatic heterocycles. The standard InChI is InChI=1S/C35H64N8O12S2/c1-7-35(6,33(55)39-17-25(3)44)24-34(4,5)32(54)40-19-27(46)38-18-26(45)36-9-15-56-57-16-10-37-28(47)20-43(23-31(52)53)14-13-42(22-30(50)51)12-11-41(8-2)21-29(48)49/h25,44H,7-24H2,1-6H3,(H,36,45)(H,37,47)(H,38,46)(H,39,55)(H,40,54)(H,48,49)(H,50,51)(H,52,53)/p-3. The molecule has 20 nitrogen and oxygen atoms in total. The maximum Gasteiger partial charge on any atom is 0.239 e. The first kappa shape index (κ1) is 53.3. The average Bonchev–Trinajstić information content (AvgIpc) is 3.12. The molecule has 0 aromatic carbocycles. The predicted octanol–water partition coefficient (Wildman–Crippen LogP) is -5.66. The van der Waals surface area contributed by atoms with E-state index in [1.165, 1.54) is 31.4 Å². The molecule has 2 atom stereocenters. The molecule has 0 bridgehead atoms. The molecule has 2 unspecified atom stereocenters. The zero-order chi connectivity index (χ0) is 43.6. The number of aliphatic hydroxyl groups excluding tert-OH is 1. The number of carbonyl (C=O) groups is 8. The summed E-state index contributed by atoms with van der Waals surface area (Å²) in [6.07, 6.45) is -0.0587. The van der Waals surface area contributed by atoms with E-state index in [1.807, 2.05) is 6.92 Å². The van der Waals surface area contributed by atoms with Crippen LogP contribution in [0.4, 0.5) is 0 Å². The van der Waals surface area contributed by atoms with Crippen LogP contribution >= 0.6 is 21.6 Å². The van der Waals surface area contributed by atoms with Crippen LogP contribution in [0.25, 0.3) is 0 Å². The van der Waals surface area contributed by atoms with Crippen molar-refractivity contribution in [3.8, 4) is 0 Å². The maximum atomic E-state index is 12.9. The van der Waals surface area contributed by atoms with Gasteiger partial charge < -0.3 is 61.4 Å². The number of hydrogen-bond donors (Lipinski definition) is 6. The van der Waals surface area contributed by atoms with Gasteiger partial charge in [-0.3, -0.25) is 38.7 Å². The lowest BCUT2D eigenvalue weighted by atomic mass is 9.71. The normalized spacial score (nSPS) is 13.1. The molecule has 0 rings (SSSR count). The van der Waals surface area contributed by atoms with Gasteiger partial charge in [-0.1, -0.05) is 56.2 Å². The molecule has 0 aliphatic rings. The van der Waals surface area contributed by atoms with E-state index in [-0.39, 0.29) is 77.8 Å². The molecule has 0 heterocycles. The second-order valence-electron chi connectivity index (χ2n) is 14.3. The third-order valence-electron chi connectivity index (χ3n) is 8.62. The van der Waals surface area contributed by atoms with Crippen LogP contribution in [0.1, 0.15) is 54.4 Å². The van der Waals surface area contributed by atoms with E-state index >= 15 is 0 Å². The molecule has 57 heavy (non-hydrogen) atoms. The molecule has 22 heteroatoms. The molecule has 0 fully saturated rings. The molecule has 0 aromatic heterocycles. The van der Waals surface area contributed by atoms with Crippen molar-refractivity contribution in [2.45, 2.75) is 60.5 Å². The first-order valence-electron chi connectivity index (χ1n) is 18.7. The van der Waals surface area contributed by atoms with E-state index in [0.717, 1.165) is 0 Å². The molecule has 0 spiro atoms. The molecule has 0 saturated carbocycles. The van der Waals surface area contributed by atoms with Crippen molar-refractivity contribution in [3.05, 3.63) is 0 Å². The van der Waals surface area contributed by atoms with Gasteiger partial charge in [-0.05, 0) is 26.3 Å². The Morgan fingerprint density at radius 2 is 1.07 bits per heavy atom. The Balaban J connectivity index is 4.45. The average molecular weight is 850 g/mol. The highest BCUT2D eigenvalue weighted by molar-refractivity contribution is 8.76. The lowest BCUT2D eigenvalue weighted by Gasteiger charge is -2.35. The molecule has 6 N–H and O–H groups in total. The maximum absolute atomic E-state index is 12.9. The van der Waals surface area contributed by atoms with E-state index in [2.05, 4.69) is 26.6 Å². The van der Waals surface area contributed by atoms with Gasteiger partial charge in [-0.2, -0.15) is 0 Å². The van der Waals surface area contributed by atoms with E-state index in [4.69, 9.17) is 0 Å². The molecule has 328 valence electrons. The first-order valence-corrected chi connectivity index (χ1v) is 21.2. The topological polar surface area (TPSA) is 296 Å². The summed E-state index contributed by atoms with van der Waals surface area (Å²) in [4.78, 5) is 100. The van der Waals surface area contributed by atoms with Gasteiger partial charge in [0.05, 0.1) is 43.6 Å². The molecule has 0 radical (unpaired) electrons. The predicted molar refractivity (Wildman–Crippen MR) is 208 cm³/mol. The smallest absolute Gasteiger partial charge is 0.239 e. The van der Waals surface area contributed by atoms with Gasteiger partial charge in [0.2, 0.25) is 29.5 Å². The number of carboxylic acids is 3. The minimum Gasteiger partial charge on any atom is -0.549 e. The van der Waals surface area contributed by atoms with Crippen molar-refractivity contribution in [2.75, 3.05) is 103 Å². The summed E-state index contributed by atoms with van der Waals surface area (Å²) in [6.45, 7) is 9.42. The third-order valence-corrected chi connectivity index (χ3v) is 11.0. The summed E-state index contributed by atoms with van der Waals surface area (Å²) in [7, 11) is 2.86. The zero-order valence-electron chi connectivity index (χ0n) is 33.9. The summed E-state index contributed by atoms with van der Waals surface area (Å²) in [6, 6.07) is 0. The fourth-order valence-electron chi connectivity index (χ4n) is 5.37. The summed E-state index contributed by atoms with van der Waals surface area (Å²) in [5.41, 5.74) is -1.87. The van der Waals surface area contributed by atoms with Gasteiger partial charge in [-0.15, -0.1) is 0 Å². The fourth-order valence-corrected chi connectivity index (χ4v) is 7.18. The van der Waals surface area contributed by atoms with Crippen molar-refractivity contribution < 1.29 is 58.8 Å². The molecule has 0 aromatic rings. The quantitative estimate of drug-likeness (QED) is 0.0265. The third kappa shape index (κ3) is 26.0. The van der Waals surface area contributed by atoms with Gasteiger partial charge in [0.1, 0.15) is 0 Å². The largest absolute Gasteiger partial charge is 0.549 e. The van der Waals surface area contributed by atoms with Crippen LogP contribution in [0.5, 0.6) is 0 Å². The number of amides is 5. The van der Waals surface area contributed by atoms with Crippen LogP contribution in [-0.4, -0.2) is 176 Å². The van der Waals surface area contributed by atoms with Crippen LogP contribution in [0.2, 0.25) is 0 Å². The van der Waals surface area contributed by atoms with E-state index < -0.39 is 71.6 Å². The number of hydrogen-bond acceptors (Lipinski definition) is 17. The highest BCUT2D eigenvalue weighted by Crippen LogP contribution is 2.37. The summed E-state index contributed by atoms with van der Waals surface area (Å²) in [5, 5.41) is 55.9.